The summed E-state index contributed by atoms with van der Waals surface area (Å²) in [4.78, 5) is 14.1. The topological polar surface area (TPSA) is 92.8 Å². The van der Waals surface area contributed by atoms with Crippen LogP contribution in [0.25, 0.3) is 0 Å². The van der Waals surface area contributed by atoms with Gasteiger partial charge in [0.25, 0.3) is 0 Å². The molecule has 4 rings (SSSR count). The van der Waals surface area contributed by atoms with Crippen LogP contribution in [-0.4, -0.2) is 26.4 Å². The van der Waals surface area contributed by atoms with Crippen molar-refractivity contribution in [3.8, 4) is 11.8 Å². The van der Waals surface area contributed by atoms with E-state index in [4.69, 9.17) is 4.74 Å². The molecule has 7 nitrogen and oxygen atoms in total. The van der Waals surface area contributed by atoms with Crippen molar-refractivity contribution in [2.24, 2.45) is 11.3 Å². The molecule has 2 aromatic heterocycles. The minimum absolute atomic E-state index is 0.158. The van der Waals surface area contributed by atoms with E-state index in [1.807, 2.05) is 30.5 Å². The van der Waals surface area contributed by atoms with Crippen molar-refractivity contribution in [3.63, 3.8) is 0 Å². The van der Waals surface area contributed by atoms with Crippen LogP contribution in [0.2, 0.25) is 0 Å². The van der Waals surface area contributed by atoms with Gasteiger partial charge in [-0.25, -0.2) is 0 Å². The number of aryl methyl sites for hydroxylation is 2. The number of nitrogens with one attached hydrogen (secondary N) is 1. The minimum Gasteiger partial charge on any atom is -0.486 e. The predicted molar refractivity (Wildman–Crippen MR) is 154 cm³/mol. The molecular formula is C29H35N5O2S2. The van der Waals surface area contributed by atoms with Crippen LogP contribution >= 0.6 is 23.1 Å². The summed E-state index contributed by atoms with van der Waals surface area (Å²) >= 11 is 2.86. The number of benzene rings is 1. The van der Waals surface area contributed by atoms with Gasteiger partial charge in [-0.2, -0.15) is 5.26 Å². The van der Waals surface area contributed by atoms with Gasteiger partial charge in [0.15, 0.2) is 11.0 Å². The second-order valence-corrected chi connectivity index (χ2v) is 12.9. The van der Waals surface area contributed by atoms with Crippen molar-refractivity contribution in [2.75, 3.05) is 11.1 Å². The first-order valence-electron chi connectivity index (χ1n) is 12.8. The molecule has 0 saturated carbocycles. The second kappa shape index (κ2) is 11.7. The van der Waals surface area contributed by atoms with Gasteiger partial charge >= 0.3 is 0 Å². The molecule has 0 bridgehead atoms. The standard InChI is InChI=1S/C29H35N5O2S2/c1-7-10-34-25(16-36-21-12-18(2)11-19(3)13-21)32-33-28(34)37-17-26(35)31-27-23(15-30)22-9-8-20(29(4,5)6)14-24(22)38-27/h7,11-13,20H,1,8-10,14,16-17H2,2-6H3,(H,31,35). The summed E-state index contributed by atoms with van der Waals surface area (Å²) in [7, 11) is 0. The normalized spacial score (nSPS) is 15.0. The number of amides is 1. The van der Waals surface area contributed by atoms with Crippen LogP contribution in [-0.2, 0) is 30.8 Å². The van der Waals surface area contributed by atoms with Gasteiger partial charge in [0.1, 0.15) is 23.4 Å². The van der Waals surface area contributed by atoms with E-state index in [0.717, 1.165) is 41.7 Å². The first kappa shape index (κ1) is 27.9. The number of hydrogen-bond donors (Lipinski definition) is 1. The third-order valence-electron chi connectivity index (χ3n) is 6.86. The molecule has 0 aliphatic heterocycles. The number of hydrogen-bond acceptors (Lipinski definition) is 7. The van der Waals surface area contributed by atoms with E-state index in [1.54, 1.807) is 17.4 Å². The number of nitrogens with zero attached hydrogens (tertiary/aromatic N) is 4. The monoisotopic (exact) mass is 549 g/mol. The number of thiophene rings is 1. The highest BCUT2D eigenvalue weighted by Gasteiger charge is 2.32. The first-order chi connectivity index (χ1) is 18.1. The first-order valence-corrected chi connectivity index (χ1v) is 14.6. The lowest BCUT2D eigenvalue weighted by Crippen LogP contribution is -2.26. The molecule has 0 spiro atoms. The lowest BCUT2D eigenvalue weighted by Gasteiger charge is -2.33. The number of thioether (sulfide) groups is 1. The summed E-state index contributed by atoms with van der Waals surface area (Å²) in [6.07, 6.45) is 4.69. The number of anilines is 1. The van der Waals surface area contributed by atoms with Crippen LogP contribution in [0, 0.1) is 36.5 Å². The van der Waals surface area contributed by atoms with Crippen molar-refractivity contribution in [1.29, 1.82) is 5.26 Å². The maximum Gasteiger partial charge on any atom is 0.235 e. The van der Waals surface area contributed by atoms with Crippen LogP contribution in [0.4, 0.5) is 5.00 Å². The molecule has 1 unspecified atom stereocenters. The zero-order chi connectivity index (χ0) is 27.4. The van der Waals surface area contributed by atoms with E-state index in [-0.39, 0.29) is 23.7 Å². The highest BCUT2D eigenvalue weighted by Crippen LogP contribution is 2.44. The molecule has 3 aromatic rings. The third kappa shape index (κ3) is 6.48. The molecule has 1 atom stereocenters. The fourth-order valence-electron chi connectivity index (χ4n) is 4.83. The lowest BCUT2D eigenvalue weighted by molar-refractivity contribution is -0.113. The summed E-state index contributed by atoms with van der Waals surface area (Å²) in [5, 5.41) is 22.7. The Morgan fingerprint density at radius 3 is 2.71 bits per heavy atom. The fourth-order valence-corrected chi connectivity index (χ4v) is 6.89. The average molecular weight is 550 g/mol. The molecule has 0 saturated heterocycles. The van der Waals surface area contributed by atoms with E-state index in [2.05, 4.69) is 55.0 Å². The van der Waals surface area contributed by atoms with Crippen LogP contribution < -0.4 is 10.1 Å². The Labute approximate surface area is 233 Å². The van der Waals surface area contributed by atoms with Gasteiger partial charge in [-0.15, -0.1) is 28.1 Å². The van der Waals surface area contributed by atoms with Crippen molar-refractivity contribution in [1.82, 2.24) is 14.8 Å². The van der Waals surface area contributed by atoms with E-state index in [1.165, 1.54) is 16.6 Å². The molecular weight excluding hydrogens is 514 g/mol. The van der Waals surface area contributed by atoms with Crippen molar-refractivity contribution in [2.45, 2.75) is 72.2 Å². The zero-order valence-corrected chi connectivity index (χ0v) is 24.4. The molecule has 1 amide bonds. The van der Waals surface area contributed by atoms with Gasteiger partial charge in [0.05, 0.1) is 11.3 Å². The molecule has 9 heteroatoms. The number of aromatic nitrogens is 3. The molecule has 0 radical (unpaired) electrons. The lowest BCUT2D eigenvalue weighted by atomic mass is 9.72. The second-order valence-electron chi connectivity index (χ2n) is 10.9. The maximum atomic E-state index is 12.9. The quantitative estimate of drug-likeness (QED) is 0.243. The largest absolute Gasteiger partial charge is 0.486 e. The van der Waals surface area contributed by atoms with Gasteiger partial charge in [0.2, 0.25) is 5.91 Å². The zero-order valence-electron chi connectivity index (χ0n) is 22.8. The molecule has 38 heavy (non-hydrogen) atoms. The Morgan fingerprint density at radius 2 is 2.05 bits per heavy atom. The number of carbonyl (C=O) groups is 1. The van der Waals surface area contributed by atoms with Crippen LogP contribution in [0.5, 0.6) is 5.75 Å². The molecule has 1 aliphatic rings. The summed E-state index contributed by atoms with van der Waals surface area (Å²) in [5.74, 6) is 2.01. The Hall–Kier alpha value is -3.09. The number of carbonyl (C=O) groups excluding carboxylic acids is 1. The van der Waals surface area contributed by atoms with Crippen LogP contribution in [0.3, 0.4) is 0 Å². The van der Waals surface area contributed by atoms with E-state index in [9.17, 15) is 10.1 Å². The van der Waals surface area contributed by atoms with Gasteiger partial charge in [-0.1, -0.05) is 44.7 Å². The number of rotatable bonds is 9. The fraction of sp³-hybridized carbons (Fsp3) is 0.448. The average Bonchev–Trinajstić information content (AvgIpc) is 3.39. The summed E-state index contributed by atoms with van der Waals surface area (Å²) in [5.41, 5.74) is 4.22. The number of allylic oxidation sites excluding steroid dienone is 1. The third-order valence-corrected chi connectivity index (χ3v) is 8.99. The summed E-state index contributed by atoms with van der Waals surface area (Å²) < 4.78 is 7.88. The SMILES string of the molecule is C=CCn1c(COc2cc(C)cc(C)c2)nnc1SCC(=O)Nc1sc2c(c1C#N)CCC(C(C)(C)C)C2. The minimum atomic E-state index is -0.168. The number of nitriles is 1. The van der Waals surface area contributed by atoms with Crippen LogP contribution in [0.1, 0.15) is 60.1 Å². The van der Waals surface area contributed by atoms with E-state index >= 15 is 0 Å². The van der Waals surface area contributed by atoms with Gasteiger partial charge in [-0.3, -0.25) is 9.36 Å². The number of fused-ring (bicyclic) bond motifs is 1. The molecule has 1 aromatic carbocycles. The van der Waals surface area contributed by atoms with E-state index < -0.39 is 0 Å². The smallest absolute Gasteiger partial charge is 0.235 e. The Morgan fingerprint density at radius 1 is 1.32 bits per heavy atom. The van der Waals surface area contributed by atoms with Gasteiger partial charge < -0.3 is 10.1 Å². The van der Waals surface area contributed by atoms with Crippen molar-refractivity contribution >= 4 is 34.0 Å². The summed E-state index contributed by atoms with van der Waals surface area (Å²) in [6.45, 7) is 15.5. The Bertz CT molecular complexity index is 1360. The maximum absolute atomic E-state index is 12.9. The van der Waals surface area contributed by atoms with Crippen molar-refractivity contribution in [3.05, 3.63) is 63.8 Å². The van der Waals surface area contributed by atoms with Crippen molar-refractivity contribution < 1.29 is 9.53 Å². The highest BCUT2D eigenvalue weighted by molar-refractivity contribution is 7.99. The van der Waals surface area contributed by atoms with Gasteiger partial charge in [0, 0.05) is 11.4 Å². The molecule has 200 valence electrons. The summed E-state index contributed by atoms with van der Waals surface area (Å²) in [6, 6.07) is 8.41. The van der Waals surface area contributed by atoms with Gasteiger partial charge in [-0.05, 0) is 73.3 Å². The highest BCUT2D eigenvalue weighted by atomic mass is 32.2. The Kier molecular flexibility index (Phi) is 8.64. The predicted octanol–water partition coefficient (Wildman–Crippen LogP) is 6.47. The number of ether oxygens (including phenoxy) is 1. The molecule has 2 heterocycles. The molecule has 1 aliphatic carbocycles. The van der Waals surface area contributed by atoms with Crippen LogP contribution in [0.15, 0.2) is 36.0 Å². The Balaban J connectivity index is 1.41. The molecule has 0 fully saturated rings. The molecule has 1 N–H and O–H groups in total. The van der Waals surface area contributed by atoms with E-state index in [0.29, 0.717) is 34.0 Å².